The molecule has 0 unspecified atom stereocenters. The maximum Gasteiger partial charge on any atom is 0.169 e. The van der Waals surface area contributed by atoms with Crippen LogP contribution in [0.4, 0.5) is 0 Å². The lowest BCUT2D eigenvalue weighted by Crippen LogP contribution is -2.00. The third-order valence-electron chi connectivity index (χ3n) is 6.11. The van der Waals surface area contributed by atoms with Gasteiger partial charge < -0.3 is 20.1 Å². The fourth-order valence-corrected chi connectivity index (χ4v) is 4.68. The van der Waals surface area contributed by atoms with E-state index in [-0.39, 0.29) is 17.2 Å². The van der Waals surface area contributed by atoms with Gasteiger partial charge in [0.15, 0.2) is 11.5 Å². The normalized spacial score (nSPS) is 13.1. The molecule has 0 aliphatic carbocycles. The van der Waals surface area contributed by atoms with Crippen LogP contribution in [-0.4, -0.2) is 15.3 Å². The second-order valence-electron chi connectivity index (χ2n) is 8.32. The van der Waals surface area contributed by atoms with Gasteiger partial charge in [0, 0.05) is 5.56 Å². The molecule has 6 rings (SSSR count). The van der Waals surface area contributed by atoms with Crippen molar-refractivity contribution < 1.29 is 20.1 Å². The minimum atomic E-state index is 0.0886. The second-order valence-corrected chi connectivity index (χ2v) is 9.17. The third-order valence-corrected chi connectivity index (χ3v) is 6.75. The monoisotopic (exact) mass is 502 g/mol. The van der Waals surface area contributed by atoms with E-state index in [4.69, 9.17) is 4.74 Å². The Hall–Kier alpha value is -3.44. The Morgan fingerprint density at radius 3 is 2.21 bits per heavy atom. The first-order valence-corrected chi connectivity index (χ1v) is 11.7. The van der Waals surface area contributed by atoms with E-state index < -0.39 is 0 Å². The van der Waals surface area contributed by atoms with Gasteiger partial charge in [0.25, 0.3) is 0 Å². The summed E-state index contributed by atoms with van der Waals surface area (Å²) < 4.78 is 6.59. The van der Waals surface area contributed by atoms with Crippen LogP contribution in [0.25, 0.3) is 11.1 Å². The predicted molar refractivity (Wildman–Crippen MR) is 132 cm³/mol. The maximum atomic E-state index is 11.0. The lowest BCUT2D eigenvalue weighted by atomic mass is 9.89. The molecule has 5 heteroatoms. The standard InChI is InChI=1S/C28H23BrO4/c29-24-13-8-19-6-1-17-3-10-22(11-4-17)33-26-15-18(5-14-25(26)31)2-7-20-16-21(30)9-12-23(20)27(19)28(24)32/h3-5,8-16,30-32H,1-2,6-7H2. The van der Waals surface area contributed by atoms with Gasteiger partial charge in [0.05, 0.1) is 4.47 Å². The first-order valence-electron chi connectivity index (χ1n) is 10.9. The zero-order valence-corrected chi connectivity index (χ0v) is 19.5. The molecule has 0 spiro atoms. The van der Waals surface area contributed by atoms with Gasteiger partial charge in [-0.1, -0.05) is 30.3 Å². The van der Waals surface area contributed by atoms with Gasteiger partial charge in [-0.25, -0.2) is 0 Å². The van der Waals surface area contributed by atoms with Gasteiger partial charge in [-0.15, -0.1) is 0 Å². The zero-order chi connectivity index (χ0) is 22.9. The lowest BCUT2D eigenvalue weighted by molar-refractivity contribution is 0.410. The number of ether oxygens (including phenoxy) is 1. The molecular weight excluding hydrogens is 480 g/mol. The Labute approximate surface area is 200 Å². The van der Waals surface area contributed by atoms with Crippen molar-refractivity contribution in [3.63, 3.8) is 0 Å². The number of phenolic OH excluding ortho intramolecular Hbond substituents is 3. The summed E-state index contributed by atoms with van der Waals surface area (Å²) in [6, 6.07) is 22.4. The van der Waals surface area contributed by atoms with Crippen LogP contribution in [0, 0.1) is 0 Å². The van der Waals surface area contributed by atoms with Gasteiger partial charge in [-0.05, 0) is 112 Å². The Morgan fingerprint density at radius 1 is 0.667 bits per heavy atom. The molecule has 2 aliphatic rings. The van der Waals surface area contributed by atoms with Crippen molar-refractivity contribution in [3.8, 4) is 39.9 Å². The third kappa shape index (κ3) is 4.41. The van der Waals surface area contributed by atoms with Crippen LogP contribution in [0.2, 0.25) is 0 Å². The molecule has 0 saturated carbocycles. The van der Waals surface area contributed by atoms with Gasteiger partial charge in [0.2, 0.25) is 0 Å². The molecule has 4 nitrogen and oxygen atoms in total. The van der Waals surface area contributed by atoms with Crippen LogP contribution in [0.3, 0.4) is 0 Å². The van der Waals surface area contributed by atoms with E-state index in [0.29, 0.717) is 28.8 Å². The first-order chi connectivity index (χ1) is 16.0. The highest BCUT2D eigenvalue weighted by Gasteiger charge is 2.18. The molecule has 4 aromatic rings. The average Bonchev–Trinajstić information content (AvgIpc) is 2.81. The number of fused-ring (bicyclic) bond motifs is 4. The smallest absolute Gasteiger partial charge is 0.169 e. The molecule has 4 bridgehead atoms. The highest BCUT2D eigenvalue weighted by Crippen LogP contribution is 2.42. The Kier molecular flexibility index (Phi) is 5.73. The highest BCUT2D eigenvalue weighted by atomic mass is 79.9. The Bertz CT molecular complexity index is 1330. The molecule has 166 valence electrons. The average molecular weight is 503 g/mol. The van der Waals surface area contributed by atoms with Crippen molar-refractivity contribution in [2.45, 2.75) is 25.7 Å². The number of rotatable bonds is 0. The summed E-state index contributed by atoms with van der Waals surface area (Å²) in [6.45, 7) is 0. The number of halogens is 1. The molecule has 0 atom stereocenters. The molecule has 33 heavy (non-hydrogen) atoms. The van der Waals surface area contributed by atoms with Gasteiger partial charge in [-0.3, -0.25) is 0 Å². The van der Waals surface area contributed by atoms with Crippen LogP contribution in [-0.2, 0) is 25.7 Å². The van der Waals surface area contributed by atoms with Crippen molar-refractivity contribution >= 4 is 15.9 Å². The van der Waals surface area contributed by atoms with E-state index in [2.05, 4.69) is 15.9 Å². The molecule has 2 aliphatic heterocycles. The number of hydrogen-bond donors (Lipinski definition) is 3. The molecule has 0 aromatic heterocycles. The summed E-state index contributed by atoms with van der Waals surface area (Å²) in [5.41, 5.74) is 5.82. The minimum absolute atomic E-state index is 0.0886. The molecule has 0 fully saturated rings. The summed E-state index contributed by atoms with van der Waals surface area (Å²) in [5.74, 6) is 1.56. The quantitative estimate of drug-likeness (QED) is 0.244. The SMILES string of the molecule is Oc1ccc2c(c1)CCc1ccc(O)c(c1)Oc1ccc(cc1)CCc1ccc(Br)c(O)c1-2. The topological polar surface area (TPSA) is 69.9 Å². The van der Waals surface area contributed by atoms with E-state index in [9.17, 15) is 15.3 Å². The fraction of sp³-hybridized carbons (Fsp3) is 0.143. The largest absolute Gasteiger partial charge is 0.508 e. The second kappa shape index (κ2) is 8.83. The number of benzene rings is 4. The van der Waals surface area contributed by atoms with E-state index in [1.807, 2.05) is 54.6 Å². The van der Waals surface area contributed by atoms with Crippen molar-refractivity contribution in [3.05, 3.63) is 99.5 Å². The van der Waals surface area contributed by atoms with E-state index in [1.54, 1.807) is 18.2 Å². The van der Waals surface area contributed by atoms with Crippen LogP contribution in [0.1, 0.15) is 22.3 Å². The van der Waals surface area contributed by atoms with Gasteiger partial charge in [-0.2, -0.15) is 0 Å². The minimum Gasteiger partial charge on any atom is -0.508 e. The van der Waals surface area contributed by atoms with Crippen molar-refractivity contribution in [2.24, 2.45) is 0 Å². The van der Waals surface area contributed by atoms with E-state index in [1.165, 1.54) is 0 Å². The number of hydrogen-bond acceptors (Lipinski definition) is 4. The zero-order valence-electron chi connectivity index (χ0n) is 17.9. The van der Waals surface area contributed by atoms with Gasteiger partial charge in [0.1, 0.15) is 17.2 Å². The van der Waals surface area contributed by atoms with Crippen LogP contribution >= 0.6 is 15.9 Å². The fourth-order valence-electron chi connectivity index (χ4n) is 4.35. The van der Waals surface area contributed by atoms with Gasteiger partial charge >= 0.3 is 0 Å². The lowest BCUT2D eigenvalue weighted by Gasteiger charge is -2.18. The summed E-state index contributed by atoms with van der Waals surface area (Å²) in [7, 11) is 0. The summed E-state index contributed by atoms with van der Waals surface area (Å²) in [5, 5.41) is 31.5. The van der Waals surface area contributed by atoms with Crippen LogP contribution in [0.5, 0.6) is 28.7 Å². The highest BCUT2D eigenvalue weighted by molar-refractivity contribution is 9.10. The van der Waals surface area contributed by atoms with Crippen molar-refractivity contribution in [2.75, 3.05) is 0 Å². The number of aromatic hydroxyl groups is 3. The molecule has 0 saturated heterocycles. The predicted octanol–water partition coefficient (Wildman–Crippen LogP) is 6.91. The molecule has 4 aromatic carbocycles. The molecule has 2 heterocycles. The summed E-state index contributed by atoms with van der Waals surface area (Å²) >= 11 is 3.47. The van der Waals surface area contributed by atoms with E-state index >= 15 is 0 Å². The van der Waals surface area contributed by atoms with Crippen LogP contribution in [0.15, 0.2) is 77.3 Å². The Balaban J connectivity index is 1.67. The van der Waals surface area contributed by atoms with E-state index in [0.717, 1.165) is 46.2 Å². The molecule has 0 radical (unpaired) electrons. The number of phenols is 3. The van der Waals surface area contributed by atoms with Crippen molar-refractivity contribution in [1.82, 2.24) is 0 Å². The molecule has 0 amide bonds. The molecular formula is C28H23BrO4. The Morgan fingerprint density at radius 2 is 1.39 bits per heavy atom. The first kappa shape index (κ1) is 21.4. The van der Waals surface area contributed by atoms with Crippen molar-refractivity contribution in [1.29, 1.82) is 0 Å². The van der Waals surface area contributed by atoms with Crippen LogP contribution < -0.4 is 4.74 Å². The maximum absolute atomic E-state index is 11.0. The number of aryl methyl sites for hydroxylation is 4. The summed E-state index contributed by atoms with van der Waals surface area (Å²) in [4.78, 5) is 0. The molecule has 3 N–H and O–H groups in total. The summed E-state index contributed by atoms with van der Waals surface area (Å²) in [6.07, 6.45) is 2.86.